The molecule has 10 heavy (non-hydrogen) atoms. The molecule has 0 saturated carbocycles. The van der Waals surface area contributed by atoms with Gasteiger partial charge in [-0.3, -0.25) is 0 Å². The van der Waals surface area contributed by atoms with E-state index in [4.69, 9.17) is 0 Å². The standard InChI is InChI=1S/C7H5N3/c1-5-3-2-4-6-7(5)9-10-8-6/h2-4H,1H2. The summed E-state index contributed by atoms with van der Waals surface area (Å²) >= 11 is 0. The molecule has 1 aliphatic heterocycles. The van der Waals surface area contributed by atoms with Gasteiger partial charge in [-0.15, -0.1) is 10.2 Å². The lowest BCUT2D eigenvalue weighted by molar-refractivity contribution is 1.08. The number of hydrogen-bond donors (Lipinski definition) is 0. The third-order valence-electron chi connectivity index (χ3n) is 1.40. The van der Waals surface area contributed by atoms with Crippen LogP contribution in [0.25, 0.3) is 6.58 Å². The zero-order valence-electron chi connectivity index (χ0n) is 5.28. The van der Waals surface area contributed by atoms with Crippen LogP contribution in [0, 0.1) is 0 Å². The lowest BCUT2D eigenvalue weighted by atomic mass is 10.3. The van der Waals surface area contributed by atoms with Crippen LogP contribution in [0.4, 0.5) is 5.69 Å². The van der Waals surface area contributed by atoms with Gasteiger partial charge in [0.1, 0.15) is 11.0 Å². The Morgan fingerprint density at radius 1 is 1.30 bits per heavy atom. The van der Waals surface area contributed by atoms with E-state index in [0.717, 1.165) is 16.3 Å². The number of nitrogens with zero attached hydrogens (tertiary/aromatic N) is 3. The van der Waals surface area contributed by atoms with E-state index in [0.29, 0.717) is 0 Å². The molecule has 0 amide bonds. The number of hydrogen-bond acceptors (Lipinski definition) is 3. The van der Waals surface area contributed by atoms with E-state index in [9.17, 15) is 0 Å². The molecule has 0 atom stereocenters. The first-order chi connectivity index (χ1) is 4.88. The Bertz CT molecular complexity index is 392. The highest BCUT2D eigenvalue weighted by molar-refractivity contribution is 5.37. The van der Waals surface area contributed by atoms with Gasteiger partial charge < -0.3 is 0 Å². The van der Waals surface area contributed by atoms with Crippen LogP contribution < -0.4 is 10.6 Å². The van der Waals surface area contributed by atoms with Gasteiger partial charge in [-0.05, 0) is 16.5 Å². The van der Waals surface area contributed by atoms with Gasteiger partial charge in [0.15, 0.2) is 0 Å². The minimum Gasteiger partial charge on any atom is -0.128 e. The Labute approximate surface area is 57.4 Å². The fourth-order valence-electron chi connectivity index (χ4n) is 0.889. The first-order valence-corrected chi connectivity index (χ1v) is 2.94. The molecule has 0 fully saturated rings. The third-order valence-corrected chi connectivity index (χ3v) is 1.40. The van der Waals surface area contributed by atoms with Crippen molar-refractivity contribution < 1.29 is 0 Å². The van der Waals surface area contributed by atoms with Crippen molar-refractivity contribution in [2.45, 2.75) is 0 Å². The van der Waals surface area contributed by atoms with Crippen molar-refractivity contribution in [2.75, 3.05) is 0 Å². The molecule has 0 unspecified atom stereocenters. The molecular weight excluding hydrogens is 126 g/mol. The fraction of sp³-hybridized carbons (Fsp3) is 0. The van der Waals surface area contributed by atoms with Crippen LogP contribution in [0.2, 0.25) is 0 Å². The van der Waals surface area contributed by atoms with Gasteiger partial charge in [0.05, 0.1) is 0 Å². The molecular formula is C7H5N3. The molecule has 0 spiro atoms. The Morgan fingerprint density at radius 3 is 3.00 bits per heavy atom. The summed E-state index contributed by atoms with van der Waals surface area (Å²) in [6.45, 7) is 3.78. The van der Waals surface area contributed by atoms with Crippen molar-refractivity contribution >= 4 is 12.3 Å². The summed E-state index contributed by atoms with van der Waals surface area (Å²) in [7, 11) is 0. The number of fused-ring (bicyclic) bond motifs is 1. The van der Waals surface area contributed by atoms with Crippen molar-refractivity contribution in [2.24, 2.45) is 15.4 Å². The average Bonchev–Trinajstić information content (AvgIpc) is 2.36. The maximum atomic E-state index is 3.79. The Balaban J connectivity index is 2.99. The Morgan fingerprint density at radius 2 is 2.20 bits per heavy atom. The van der Waals surface area contributed by atoms with Crippen LogP contribution in [0.3, 0.4) is 0 Å². The molecule has 1 aromatic rings. The van der Waals surface area contributed by atoms with Crippen LogP contribution in [0.15, 0.2) is 33.6 Å². The van der Waals surface area contributed by atoms with Crippen LogP contribution in [0.1, 0.15) is 0 Å². The van der Waals surface area contributed by atoms with Gasteiger partial charge in [-0.25, -0.2) is 0 Å². The Kier molecular flexibility index (Phi) is 0.917. The zero-order chi connectivity index (χ0) is 6.97. The fourth-order valence-corrected chi connectivity index (χ4v) is 0.889. The minimum atomic E-state index is 0.794. The molecule has 3 heteroatoms. The first kappa shape index (κ1) is 5.29. The summed E-state index contributed by atoms with van der Waals surface area (Å²) in [5.41, 5.74) is 0.813. The van der Waals surface area contributed by atoms with Crippen molar-refractivity contribution in [3.63, 3.8) is 0 Å². The van der Waals surface area contributed by atoms with Gasteiger partial charge >= 0.3 is 0 Å². The highest BCUT2D eigenvalue weighted by Gasteiger charge is 1.98. The third kappa shape index (κ3) is 0.572. The summed E-state index contributed by atoms with van der Waals surface area (Å²) in [6, 6.07) is 5.64. The molecule has 0 N–H and O–H groups in total. The van der Waals surface area contributed by atoms with Gasteiger partial charge in [0.25, 0.3) is 0 Å². The molecule has 0 aliphatic carbocycles. The summed E-state index contributed by atoms with van der Waals surface area (Å²) in [4.78, 5) is 0. The second-order valence-corrected chi connectivity index (χ2v) is 2.07. The molecule has 0 bridgehead atoms. The SMILES string of the molecule is C=c1cccc2c1=NN=N2. The minimum absolute atomic E-state index is 0.794. The van der Waals surface area contributed by atoms with E-state index < -0.39 is 0 Å². The quantitative estimate of drug-likeness (QED) is 0.497. The van der Waals surface area contributed by atoms with Crippen molar-refractivity contribution in [3.8, 4) is 0 Å². The highest BCUT2D eigenvalue weighted by Crippen LogP contribution is 2.06. The van der Waals surface area contributed by atoms with E-state index in [1.54, 1.807) is 0 Å². The lowest BCUT2D eigenvalue weighted by Crippen LogP contribution is -2.20. The zero-order valence-corrected chi connectivity index (χ0v) is 5.28. The van der Waals surface area contributed by atoms with Gasteiger partial charge in [-0.1, -0.05) is 18.7 Å². The predicted molar refractivity (Wildman–Crippen MR) is 37.3 cm³/mol. The molecule has 1 aliphatic rings. The van der Waals surface area contributed by atoms with Crippen LogP contribution >= 0.6 is 0 Å². The van der Waals surface area contributed by atoms with E-state index in [1.165, 1.54) is 0 Å². The van der Waals surface area contributed by atoms with Crippen molar-refractivity contribution in [1.29, 1.82) is 0 Å². The maximum Gasteiger partial charge on any atom is 0.122 e. The highest BCUT2D eigenvalue weighted by atomic mass is 15.4. The molecule has 1 aromatic carbocycles. The molecule has 0 aromatic heterocycles. The summed E-state index contributed by atoms with van der Waals surface area (Å²) < 4.78 is 0. The molecule has 48 valence electrons. The summed E-state index contributed by atoms with van der Waals surface area (Å²) in [5.74, 6) is 0. The summed E-state index contributed by atoms with van der Waals surface area (Å²) in [6.07, 6.45) is 0. The average molecular weight is 131 g/mol. The molecule has 3 nitrogen and oxygen atoms in total. The lowest BCUT2D eigenvalue weighted by Gasteiger charge is -1.83. The van der Waals surface area contributed by atoms with E-state index >= 15 is 0 Å². The summed E-state index contributed by atoms with van der Waals surface area (Å²) in [5, 5.41) is 12.8. The monoisotopic (exact) mass is 131 g/mol. The largest absolute Gasteiger partial charge is 0.128 e. The van der Waals surface area contributed by atoms with E-state index in [1.807, 2.05) is 18.2 Å². The van der Waals surface area contributed by atoms with Crippen LogP contribution in [0.5, 0.6) is 0 Å². The number of rotatable bonds is 0. The van der Waals surface area contributed by atoms with Gasteiger partial charge in [-0.2, -0.15) is 0 Å². The van der Waals surface area contributed by atoms with E-state index in [2.05, 4.69) is 22.0 Å². The molecule has 0 radical (unpaired) electrons. The first-order valence-electron chi connectivity index (χ1n) is 2.94. The smallest absolute Gasteiger partial charge is 0.122 e. The van der Waals surface area contributed by atoms with Crippen LogP contribution in [-0.4, -0.2) is 0 Å². The second-order valence-electron chi connectivity index (χ2n) is 2.07. The predicted octanol–water partition coefficient (Wildman–Crippen LogP) is 0.729. The van der Waals surface area contributed by atoms with Crippen molar-refractivity contribution in [3.05, 3.63) is 28.8 Å². The Hall–Kier alpha value is -1.51. The normalized spacial score (nSPS) is 12.8. The molecule has 2 rings (SSSR count). The topological polar surface area (TPSA) is 37.1 Å². The molecule has 0 saturated heterocycles. The van der Waals surface area contributed by atoms with Crippen molar-refractivity contribution in [1.82, 2.24) is 0 Å². The van der Waals surface area contributed by atoms with Gasteiger partial charge in [0.2, 0.25) is 0 Å². The maximum absolute atomic E-state index is 3.79. The van der Waals surface area contributed by atoms with E-state index in [-0.39, 0.29) is 0 Å². The molecule has 1 heterocycles. The number of benzene rings is 1. The van der Waals surface area contributed by atoms with Gasteiger partial charge in [0, 0.05) is 0 Å². The van der Waals surface area contributed by atoms with Crippen LogP contribution in [-0.2, 0) is 0 Å². The second kappa shape index (κ2) is 1.73.